The largest absolute Gasteiger partial charge is 0.305 e. The van der Waals surface area contributed by atoms with E-state index in [0.717, 1.165) is 0 Å². The number of carbonyl (C=O) groups excluding carboxylic acids is 1. The number of hydrogen-bond acceptors (Lipinski definition) is 4. The third-order valence-electron chi connectivity index (χ3n) is 6.23. The molecule has 4 rings (SSSR count). The maximum Gasteiger partial charge on any atom is 0.269 e. The Balaban J connectivity index is 1.53. The molecule has 0 unspecified atom stereocenters. The molecule has 176 valence electrons. The predicted octanol–water partition coefficient (Wildman–Crippen LogP) is 6.01. The predicted molar refractivity (Wildman–Crippen MR) is 131 cm³/mol. The topological polar surface area (TPSA) is 66.7 Å². The first kappa shape index (κ1) is 23.9. The van der Waals surface area contributed by atoms with E-state index in [1.54, 1.807) is 42.2 Å². The van der Waals surface area contributed by atoms with Gasteiger partial charge in [0.2, 0.25) is 0 Å². The third-order valence-corrected chi connectivity index (χ3v) is 6.60. The van der Waals surface area contributed by atoms with E-state index in [1.807, 2.05) is 18.2 Å². The highest BCUT2D eigenvalue weighted by atomic mass is 35.5. The Morgan fingerprint density at radius 1 is 1.12 bits per heavy atom. The lowest BCUT2D eigenvalue weighted by Gasteiger charge is -2.39. The van der Waals surface area contributed by atoms with Gasteiger partial charge >= 0.3 is 0 Å². The summed E-state index contributed by atoms with van der Waals surface area (Å²) in [5, 5.41) is 11.6. The van der Waals surface area contributed by atoms with Crippen molar-refractivity contribution in [2.45, 2.75) is 32.4 Å². The molecular weight excluding hydrogens is 457 g/mol. The molecule has 1 amide bonds. The Hall–Kier alpha value is -3.29. The van der Waals surface area contributed by atoms with Crippen molar-refractivity contribution >= 4 is 28.9 Å². The molecule has 0 bridgehead atoms. The van der Waals surface area contributed by atoms with Gasteiger partial charge in [0.15, 0.2) is 0 Å². The van der Waals surface area contributed by atoms with Gasteiger partial charge in [-0.2, -0.15) is 0 Å². The Kier molecular flexibility index (Phi) is 7.24. The number of nitrogens with zero attached hydrogens (tertiary/aromatic N) is 3. The number of rotatable bonds is 6. The quantitative estimate of drug-likeness (QED) is 0.319. The number of anilines is 1. The van der Waals surface area contributed by atoms with Crippen LogP contribution in [0.3, 0.4) is 0 Å². The number of piperidine rings is 1. The van der Waals surface area contributed by atoms with Gasteiger partial charge in [0.05, 0.1) is 4.92 Å². The van der Waals surface area contributed by atoms with E-state index in [1.165, 1.54) is 18.2 Å². The zero-order valence-corrected chi connectivity index (χ0v) is 19.5. The Labute approximate surface area is 202 Å². The summed E-state index contributed by atoms with van der Waals surface area (Å²) in [6.07, 6.45) is 1.36. The van der Waals surface area contributed by atoms with Crippen LogP contribution in [0, 0.1) is 22.9 Å². The highest BCUT2D eigenvalue weighted by molar-refractivity contribution is 6.31. The van der Waals surface area contributed by atoms with Crippen molar-refractivity contribution in [3.8, 4) is 0 Å². The molecule has 0 radical (unpaired) electrons. The number of nitro benzene ring substituents is 1. The van der Waals surface area contributed by atoms with E-state index in [4.69, 9.17) is 11.6 Å². The molecule has 0 spiro atoms. The molecule has 8 heteroatoms. The molecule has 3 aromatic rings. The number of carbonyl (C=O) groups is 1. The fraction of sp³-hybridized carbons (Fsp3) is 0.269. The van der Waals surface area contributed by atoms with Gasteiger partial charge in [0, 0.05) is 54.1 Å². The number of aryl methyl sites for hydroxylation is 1. The molecule has 1 fully saturated rings. The average Bonchev–Trinajstić information content (AvgIpc) is 2.84. The molecule has 3 aromatic carbocycles. The van der Waals surface area contributed by atoms with E-state index in [-0.39, 0.29) is 23.5 Å². The van der Waals surface area contributed by atoms with Crippen LogP contribution in [0.2, 0.25) is 5.02 Å². The van der Waals surface area contributed by atoms with Crippen LogP contribution in [0.1, 0.15) is 34.3 Å². The number of benzene rings is 3. The molecule has 0 aliphatic carbocycles. The molecule has 6 nitrogen and oxygen atoms in total. The highest BCUT2D eigenvalue weighted by Crippen LogP contribution is 2.29. The summed E-state index contributed by atoms with van der Waals surface area (Å²) in [6.45, 7) is 3.53. The Morgan fingerprint density at radius 2 is 1.82 bits per heavy atom. The zero-order valence-electron chi connectivity index (χ0n) is 18.8. The first-order chi connectivity index (χ1) is 16.3. The summed E-state index contributed by atoms with van der Waals surface area (Å²) in [4.78, 5) is 28.0. The van der Waals surface area contributed by atoms with Crippen molar-refractivity contribution in [3.05, 3.63) is 104 Å². The molecule has 0 atom stereocenters. The molecule has 1 heterocycles. The zero-order chi connectivity index (χ0) is 24.2. The van der Waals surface area contributed by atoms with Gasteiger partial charge in [-0.05, 0) is 61.2 Å². The second kappa shape index (κ2) is 10.3. The molecule has 1 saturated heterocycles. The summed E-state index contributed by atoms with van der Waals surface area (Å²) >= 11 is 6.28. The maximum absolute atomic E-state index is 14.4. The van der Waals surface area contributed by atoms with Gasteiger partial charge in [-0.15, -0.1) is 0 Å². The molecule has 0 aromatic heterocycles. The smallest absolute Gasteiger partial charge is 0.269 e. The van der Waals surface area contributed by atoms with Gasteiger partial charge in [-0.3, -0.25) is 19.8 Å². The van der Waals surface area contributed by atoms with Crippen molar-refractivity contribution in [3.63, 3.8) is 0 Å². The monoisotopic (exact) mass is 481 g/mol. The van der Waals surface area contributed by atoms with Crippen LogP contribution in [0.4, 0.5) is 15.8 Å². The van der Waals surface area contributed by atoms with Gasteiger partial charge < -0.3 is 4.90 Å². The van der Waals surface area contributed by atoms with Crippen LogP contribution in [-0.4, -0.2) is 34.9 Å². The number of non-ortho nitro benzene ring substituents is 1. The van der Waals surface area contributed by atoms with Crippen molar-refractivity contribution in [1.82, 2.24) is 4.90 Å². The third kappa shape index (κ3) is 5.26. The fourth-order valence-corrected chi connectivity index (χ4v) is 4.50. The molecule has 34 heavy (non-hydrogen) atoms. The van der Waals surface area contributed by atoms with Crippen LogP contribution in [0.25, 0.3) is 0 Å². The van der Waals surface area contributed by atoms with E-state index in [9.17, 15) is 19.3 Å². The lowest BCUT2D eigenvalue weighted by Crippen LogP contribution is -2.47. The summed E-state index contributed by atoms with van der Waals surface area (Å²) in [6, 6.07) is 18.2. The second-order valence-electron chi connectivity index (χ2n) is 8.51. The normalized spacial score (nSPS) is 14.7. The number of hydrogen-bond donors (Lipinski definition) is 0. The van der Waals surface area contributed by atoms with Crippen molar-refractivity contribution < 1.29 is 14.1 Å². The maximum atomic E-state index is 14.4. The van der Waals surface area contributed by atoms with E-state index >= 15 is 0 Å². The van der Waals surface area contributed by atoms with E-state index < -0.39 is 4.92 Å². The molecule has 0 N–H and O–H groups in total. The molecule has 1 aliphatic rings. The highest BCUT2D eigenvalue weighted by Gasteiger charge is 2.30. The van der Waals surface area contributed by atoms with E-state index in [2.05, 4.69) is 4.90 Å². The van der Waals surface area contributed by atoms with Crippen LogP contribution < -0.4 is 4.90 Å². The lowest BCUT2D eigenvalue weighted by atomic mass is 9.99. The molecular formula is C26H25ClFN3O3. The minimum absolute atomic E-state index is 0.00955. The number of amides is 1. The van der Waals surface area contributed by atoms with E-state index in [0.29, 0.717) is 59.9 Å². The second-order valence-corrected chi connectivity index (χ2v) is 8.92. The summed E-state index contributed by atoms with van der Waals surface area (Å²) in [7, 11) is 0. The fourth-order valence-electron chi connectivity index (χ4n) is 4.32. The van der Waals surface area contributed by atoms with Crippen LogP contribution >= 0.6 is 11.6 Å². The van der Waals surface area contributed by atoms with Crippen LogP contribution in [-0.2, 0) is 6.54 Å². The minimum atomic E-state index is -0.431. The Morgan fingerprint density at radius 3 is 2.47 bits per heavy atom. The summed E-state index contributed by atoms with van der Waals surface area (Å²) < 4.78 is 14.4. The number of likely N-dealkylation sites (tertiary alicyclic amines) is 1. The molecule has 1 aliphatic heterocycles. The first-order valence-corrected chi connectivity index (χ1v) is 11.5. The number of nitro groups is 1. The van der Waals surface area contributed by atoms with Crippen molar-refractivity contribution in [1.29, 1.82) is 0 Å². The van der Waals surface area contributed by atoms with Crippen molar-refractivity contribution in [2.24, 2.45) is 0 Å². The van der Waals surface area contributed by atoms with Gasteiger partial charge in [-0.1, -0.05) is 35.9 Å². The minimum Gasteiger partial charge on any atom is -0.305 e. The van der Waals surface area contributed by atoms with Crippen LogP contribution in [0.15, 0.2) is 66.7 Å². The van der Waals surface area contributed by atoms with Crippen LogP contribution in [0.5, 0.6) is 0 Å². The summed E-state index contributed by atoms with van der Waals surface area (Å²) in [5.74, 6) is -0.509. The SMILES string of the molecule is Cc1ccc(N(C(=O)c2ccccc2)C2CCN(Cc3cc([N+](=O)[O-])ccc3Cl)CC2)cc1F. The average molecular weight is 482 g/mol. The standard InChI is InChI=1S/C26H25ClFN3O3/c1-18-7-8-22(16-25(18)28)30(26(32)19-5-3-2-4-6-19)21-11-13-29(14-12-21)17-20-15-23(31(33)34)9-10-24(20)27/h2-10,15-16,21H,11-14,17H2,1H3. The van der Waals surface area contributed by atoms with Gasteiger partial charge in [0.1, 0.15) is 5.82 Å². The number of halogens is 2. The summed E-state index contributed by atoms with van der Waals surface area (Å²) in [5.41, 5.74) is 2.33. The van der Waals surface area contributed by atoms with Gasteiger partial charge in [-0.25, -0.2) is 4.39 Å². The molecule has 0 saturated carbocycles. The van der Waals surface area contributed by atoms with Gasteiger partial charge in [0.25, 0.3) is 11.6 Å². The Bertz CT molecular complexity index is 1200. The lowest BCUT2D eigenvalue weighted by molar-refractivity contribution is -0.384. The first-order valence-electron chi connectivity index (χ1n) is 11.1. The van der Waals surface area contributed by atoms with Crippen molar-refractivity contribution in [2.75, 3.05) is 18.0 Å².